The number of anilines is 2. The van der Waals surface area contributed by atoms with Crippen molar-refractivity contribution >= 4 is 17.3 Å². The predicted octanol–water partition coefficient (Wildman–Crippen LogP) is 3.90. The number of hydrogen-bond donors (Lipinski definition) is 1. The van der Waals surface area contributed by atoms with Gasteiger partial charge in [0.25, 0.3) is 0 Å². The number of halogens is 1. The summed E-state index contributed by atoms with van der Waals surface area (Å²) in [6, 6.07) is 5.73. The van der Waals surface area contributed by atoms with Crippen molar-refractivity contribution in [3.8, 4) is 0 Å². The van der Waals surface area contributed by atoms with Crippen LogP contribution in [0.1, 0.15) is 64.2 Å². The summed E-state index contributed by atoms with van der Waals surface area (Å²) >= 11 is 0. The van der Waals surface area contributed by atoms with Gasteiger partial charge in [-0.05, 0) is 63.1 Å². The van der Waals surface area contributed by atoms with Crippen LogP contribution in [0.5, 0.6) is 0 Å². The van der Waals surface area contributed by atoms with Crippen LogP contribution >= 0.6 is 0 Å². The van der Waals surface area contributed by atoms with Crippen LogP contribution < -0.4 is 9.80 Å². The monoisotopic (exact) mass is 415 g/mol. The van der Waals surface area contributed by atoms with Crippen molar-refractivity contribution in [2.45, 2.75) is 76.5 Å². The molecular weight excluding hydrogens is 381 g/mol. The summed E-state index contributed by atoms with van der Waals surface area (Å²) in [6.07, 6.45) is 9.94. The molecule has 4 aliphatic rings. The molecule has 2 atom stereocenters. The van der Waals surface area contributed by atoms with Gasteiger partial charge in [0.05, 0.1) is 11.1 Å². The van der Waals surface area contributed by atoms with E-state index in [1.807, 2.05) is 17.0 Å². The molecule has 1 saturated carbocycles. The van der Waals surface area contributed by atoms with Crippen molar-refractivity contribution in [1.29, 1.82) is 0 Å². The normalized spacial score (nSPS) is 30.7. The molecular formula is C24H34FN3O2. The third kappa shape index (κ3) is 3.47. The highest BCUT2D eigenvalue weighted by Crippen LogP contribution is 2.44. The van der Waals surface area contributed by atoms with Gasteiger partial charge in [-0.25, -0.2) is 4.39 Å². The molecule has 1 amide bonds. The maximum atomic E-state index is 15.1. The number of hydrogen-bond acceptors (Lipinski definition) is 4. The zero-order valence-electron chi connectivity index (χ0n) is 17.9. The standard InChI is InChI=1S/C24H34FN3O2/c25-20-16-19(27-14-4-8-22(27)29)9-10-21(20)26-13-5-11-24(17-26)12-15-28(23(24)30)18-6-2-1-3-7-18/h9-10,16,18,22,29H,1-8,11-15,17H2/t22-,24-/m1/s1. The second kappa shape index (κ2) is 8.03. The second-order valence-electron chi connectivity index (χ2n) is 9.80. The average molecular weight is 416 g/mol. The number of likely N-dealkylation sites (tertiary alicyclic amines) is 1. The van der Waals surface area contributed by atoms with Crippen LogP contribution in [0, 0.1) is 11.2 Å². The van der Waals surface area contributed by atoms with E-state index in [9.17, 15) is 9.90 Å². The van der Waals surface area contributed by atoms with Gasteiger partial charge in [-0.15, -0.1) is 0 Å². The number of amides is 1. The first kappa shape index (κ1) is 20.1. The fraction of sp³-hybridized carbons (Fsp3) is 0.708. The molecule has 5 nitrogen and oxygen atoms in total. The van der Waals surface area contributed by atoms with Gasteiger partial charge in [0, 0.05) is 37.9 Å². The highest BCUT2D eigenvalue weighted by molar-refractivity contribution is 5.86. The van der Waals surface area contributed by atoms with Crippen molar-refractivity contribution in [3.63, 3.8) is 0 Å². The summed E-state index contributed by atoms with van der Waals surface area (Å²) < 4.78 is 15.1. The molecule has 0 aromatic heterocycles. The Balaban J connectivity index is 1.32. The van der Waals surface area contributed by atoms with Gasteiger partial charge in [0.1, 0.15) is 12.0 Å². The molecule has 0 unspecified atom stereocenters. The first-order valence-corrected chi connectivity index (χ1v) is 11.9. The van der Waals surface area contributed by atoms with E-state index in [4.69, 9.17) is 0 Å². The van der Waals surface area contributed by atoms with Crippen LogP contribution in [0.3, 0.4) is 0 Å². The maximum Gasteiger partial charge on any atom is 0.230 e. The minimum Gasteiger partial charge on any atom is -0.374 e. The van der Waals surface area contributed by atoms with Gasteiger partial charge in [-0.3, -0.25) is 4.79 Å². The molecule has 3 heterocycles. The van der Waals surface area contributed by atoms with E-state index in [0.29, 0.717) is 24.2 Å². The van der Waals surface area contributed by atoms with E-state index >= 15 is 4.39 Å². The van der Waals surface area contributed by atoms with Crippen LogP contribution in [-0.4, -0.2) is 54.4 Å². The summed E-state index contributed by atoms with van der Waals surface area (Å²) in [6.45, 7) is 3.04. The number of carbonyl (C=O) groups is 1. The molecule has 5 rings (SSSR count). The van der Waals surface area contributed by atoms with Crippen molar-refractivity contribution in [2.75, 3.05) is 36.0 Å². The lowest BCUT2D eigenvalue weighted by atomic mass is 9.78. The molecule has 3 aliphatic heterocycles. The number of nitrogens with zero attached hydrogens (tertiary/aromatic N) is 3. The van der Waals surface area contributed by atoms with Crippen molar-refractivity contribution in [2.24, 2.45) is 5.41 Å². The lowest BCUT2D eigenvalue weighted by Gasteiger charge is -2.41. The number of benzene rings is 1. The van der Waals surface area contributed by atoms with Gasteiger partial charge in [0.15, 0.2) is 0 Å². The fourth-order valence-electron chi connectivity index (χ4n) is 6.29. The molecule has 1 aromatic rings. The summed E-state index contributed by atoms with van der Waals surface area (Å²) in [5.41, 5.74) is 0.996. The molecule has 3 saturated heterocycles. The van der Waals surface area contributed by atoms with E-state index in [2.05, 4.69) is 9.80 Å². The first-order valence-electron chi connectivity index (χ1n) is 11.9. The Morgan fingerprint density at radius 2 is 1.77 bits per heavy atom. The molecule has 1 aliphatic carbocycles. The van der Waals surface area contributed by atoms with Crippen molar-refractivity contribution in [3.05, 3.63) is 24.0 Å². The number of aliphatic hydroxyl groups is 1. The van der Waals surface area contributed by atoms with Crippen LogP contribution in [0.25, 0.3) is 0 Å². The third-order valence-electron chi connectivity index (χ3n) is 7.96. The van der Waals surface area contributed by atoms with E-state index < -0.39 is 6.23 Å². The minimum absolute atomic E-state index is 0.252. The Bertz CT molecular complexity index is 797. The summed E-state index contributed by atoms with van der Waals surface area (Å²) in [7, 11) is 0. The topological polar surface area (TPSA) is 47.0 Å². The van der Waals surface area contributed by atoms with Gasteiger partial charge in [0.2, 0.25) is 5.91 Å². The Hall–Kier alpha value is -1.82. The zero-order valence-corrected chi connectivity index (χ0v) is 17.9. The molecule has 1 aromatic carbocycles. The highest BCUT2D eigenvalue weighted by Gasteiger charge is 2.50. The molecule has 6 heteroatoms. The van der Waals surface area contributed by atoms with Crippen LogP contribution in [0.15, 0.2) is 18.2 Å². The minimum atomic E-state index is -0.518. The Labute approximate surface area is 178 Å². The molecule has 0 bridgehead atoms. The Kier molecular flexibility index (Phi) is 5.38. The van der Waals surface area contributed by atoms with E-state index in [1.54, 1.807) is 6.07 Å². The third-order valence-corrected chi connectivity index (χ3v) is 7.96. The molecule has 164 valence electrons. The van der Waals surface area contributed by atoms with Crippen molar-refractivity contribution in [1.82, 2.24) is 4.90 Å². The number of aliphatic hydroxyl groups excluding tert-OH is 1. The molecule has 1 spiro atoms. The summed E-state index contributed by atoms with van der Waals surface area (Å²) in [4.78, 5) is 19.6. The number of carbonyl (C=O) groups excluding carboxylic acids is 1. The number of rotatable bonds is 3. The van der Waals surface area contributed by atoms with Crippen molar-refractivity contribution < 1.29 is 14.3 Å². The predicted molar refractivity (Wildman–Crippen MR) is 116 cm³/mol. The summed E-state index contributed by atoms with van der Waals surface area (Å²) in [5.74, 6) is 0.0644. The van der Waals surface area contributed by atoms with Gasteiger partial charge >= 0.3 is 0 Å². The molecule has 0 radical (unpaired) electrons. The zero-order chi connectivity index (χ0) is 20.7. The Morgan fingerprint density at radius 3 is 2.50 bits per heavy atom. The molecule has 1 N–H and O–H groups in total. The summed E-state index contributed by atoms with van der Waals surface area (Å²) in [5, 5.41) is 10.1. The molecule has 4 fully saturated rings. The fourth-order valence-corrected chi connectivity index (χ4v) is 6.29. The highest BCUT2D eigenvalue weighted by atomic mass is 19.1. The smallest absolute Gasteiger partial charge is 0.230 e. The Morgan fingerprint density at radius 1 is 0.933 bits per heavy atom. The quantitative estimate of drug-likeness (QED) is 0.814. The number of piperidine rings is 1. The SMILES string of the molecule is O=C1N(C2CCCCC2)CC[C@@]12CCCN(c1ccc(N3CCC[C@H]3O)cc1F)C2. The average Bonchev–Trinajstić information content (AvgIpc) is 3.32. The van der Waals surface area contributed by atoms with E-state index in [-0.39, 0.29) is 11.2 Å². The largest absolute Gasteiger partial charge is 0.374 e. The van der Waals surface area contributed by atoms with Gasteiger partial charge < -0.3 is 19.8 Å². The lowest BCUT2D eigenvalue weighted by Crippen LogP contribution is -2.50. The van der Waals surface area contributed by atoms with Crippen LogP contribution in [0.4, 0.5) is 15.8 Å². The second-order valence-corrected chi connectivity index (χ2v) is 9.80. The van der Waals surface area contributed by atoms with Crippen LogP contribution in [0.2, 0.25) is 0 Å². The van der Waals surface area contributed by atoms with Gasteiger partial charge in [-0.1, -0.05) is 19.3 Å². The van der Waals surface area contributed by atoms with Crippen LogP contribution in [-0.2, 0) is 4.79 Å². The maximum absolute atomic E-state index is 15.1. The van der Waals surface area contributed by atoms with E-state index in [1.165, 1.54) is 19.3 Å². The molecule has 30 heavy (non-hydrogen) atoms. The van der Waals surface area contributed by atoms with Gasteiger partial charge in [-0.2, -0.15) is 0 Å². The van der Waals surface area contributed by atoms with E-state index in [0.717, 1.165) is 70.3 Å². The first-order chi connectivity index (χ1) is 14.6. The lowest BCUT2D eigenvalue weighted by molar-refractivity contribution is -0.138.